The van der Waals surface area contributed by atoms with Crippen molar-refractivity contribution in [2.24, 2.45) is 0 Å². The predicted octanol–water partition coefficient (Wildman–Crippen LogP) is 1.16. The van der Waals surface area contributed by atoms with Crippen molar-refractivity contribution in [1.29, 1.82) is 0 Å². The lowest BCUT2D eigenvalue weighted by Crippen LogP contribution is -1.97. The Labute approximate surface area is 83.1 Å². The van der Waals surface area contributed by atoms with Crippen LogP contribution in [0.1, 0.15) is 12.5 Å². The van der Waals surface area contributed by atoms with Crippen LogP contribution in [0.15, 0.2) is 30.7 Å². The SMILES string of the molecule is [2H]c1nc(C([2H])([2H])[2H])c([2H])n1-c1cccc(N)n1. The summed E-state index contributed by atoms with van der Waals surface area (Å²) in [5.74, 6) is 0.420. The minimum Gasteiger partial charge on any atom is -0.384 e. The van der Waals surface area contributed by atoms with E-state index in [-0.39, 0.29) is 24.1 Å². The number of nitrogens with zero attached hydrogens (tertiary/aromatic N) is 3. The van der Waals surface area contributed by atoms with Crippen LogP contribution in [-0.2, 0) is 0 Å². The summed E-state index contributed by atoms with van der Waals surface area (Å²) in [5.41, 5.74) is 5.09. The number of aryl methyl sites for hydroxylation is 1. The van der Waals surface area contributed by atoms with Gasteiger partial charge in [-0.05, 0) is 19.0 Å². The summed E-state index contributed by atoms with van der Waals surface area (Å²) in [4.78, 5) is 7.52. The van der Waals surface area contributed by atoms with E-state index in [9.17, 15) is 0 Å². The number of rotatable bonds is 1. The Hall–Kier alpha value is -1.84. The molecule has 0 aliphatic heterocycles. The van der Waals surface area contributed by atoms with Crippen LogP contribution in [0.4, 0.5) is 5.82 Å². The first kappa shape index (κ1) is 3.91. The van der Waals surface area contributed by atoms with Crippen LogP contribution in [-0.4, -0.2) is 14.5 Å². The summed E-state index contributed by atoms with van der Waals surface area (Å²) in [6, 6.07) is 4.68. The molecular weight excluding hydrogens is 164 g/mol. The number of anilines is 1. The Kier molecular flexibility index (Phi) is 0.871. The molecule has 0 fully saturated rings. The molecule has 4 heteroatoms. The maximum Gasteiger partial charge on any atom is 0.140 e. The van der Waals surface area contributed by atoms with Crippen molar-refractivity contribution in [3.05, 3.63) is 36.4 Å². The van der Waals surface area contributed by atoms with E-state index in [1.807, 2.05) is 0 Å². The van der Waals surface area contributed by atoms with Gasteiger partial charge in [0, 0.05) is 10.3 Å². The molecule has 0 saturated carbocycles. The van der Waals surface area contributed by atoms with Crippen molar-refractivity contribution in [2.75, 3.05) is 5.73 Å². The Morgan fingerprint density at radius 3 is 3.23 bits per heavy atom. The van der Waals surface area contributed by atoms with Crippen LogP contribution in [0.5, 0.6) is 0 Å². The zero-order valence-electron chi connectivity index (χ0n) is 11.7. The van der Waals surface area contributed by atoms with Gasteiger partial charge in [0.05, 0.1) is 7.06 Å². The van der Waals surface area contributed by atoms with Crippen molar-refractivity contribution < 1.29 is 6.85 Å². The van der Waals surface area contributed by atoms with Gasteiger partial charge in [0.1, 0.15) is 19.3 Å². The summed E-state index contributed by atoms with van der Waals surface area (Å²) < 4.78 is 38.1. The van der Waals surface area contributed by atoms with Gasteiger partial charge in [-0.3, -0.25) is 4.57 Å². The van der Waals surface area contributed by atoms with E-state index in [2.05, 4.69) is 9.97 Å². The van der Waals surface area contributed by atoms with E-state index in [0.717, 1.165) is 4.57 Å². The average Bonchev–Trinajstić information content (AvgIpc) is 2.54. The standard InChI is InChI=1S/C9H10N4/c1-7-5-13(6-11-7)9-4-2-3-8(10)12-9/h2-6H,1H3,(H2,10,12)/i1D3,5D,6D. The van der Waals surface area contributed by atoms with E-state index in [0.29, 0.717) is 0 Å². The highest BCUT2D eigenvalue weighted by Crippen LogP contribution is 2.06. The maximum atomic E-state index is 7.77. The van der Waals surface area contributed by atoms with E-state index in [4.69, 9.17) is 12.6 Å². The topological polar surface area (TPSA) is 56.7 Å². The van der Waals surface area contributed by atoms with Crippen molar-refractivity contribution >= 4 is 5.82 Å². The van der Waals surface area contributed by atoms with Gasteiger partial charge < -0.3 is 5.73 Å². The molecule has 0 aliphatic carbocycles. The highest BCUT2D eigenvalue weighted by Gasteiger charge is 1.98. The third kappa shape index (κ3) is 1.51. The highest BCUT2D eigenvalue weighted by atomic mass is 15.1. The molecule has 0 spiro atoms. The molecule has 2 rings (SSSR count). The number of aromatic nitrogens is 3. The Bertz CT molecular complexity index is 589. The summed E-state index contributed by atoms with van der Waals surface area (Å²) in [7, 11) is 0. The van der Waals surface area contributed by atoms with Gasteiger partial charge in [-0.25, -0.2) is 9.97 Å². The number of imidazole rings is 1. The maximum absolute atomic E-state index is 7.77. The summed E-state index contributed by atoms with van der Waals surface area (Å²) in [6.07, 6.45) is -0.734. The second-order valence-corrected chi connectivity index (χ2v) is 2.43. The van der Waals surface area contributed by atoms with E-state index < -0.39 is 12.5 Å². The monoisotopic (exact) mass is 179 g/mol. The minimum absolute atomic E-state index is 0.202. The lowest BCUT2D eigenvalue weighted by atomic mass is 10.4. The molecular formula is C9H10N4. The van der Waals surface area contributed by atoms with Crippen LogP contribution < -0.4 is 5.73 Å². The first-order valence-electron chi connectivity index (χ1n) is 6.10. The molecule has 0 radical (unpaired) electrons. The highest BCUT2D eigenvalue weighted by molar-refractivity contribution is 5.35. The number of nitrogen functional groups attached to an aromatic ring is 1. The smallest absolute Gasteiger partial charge is 0.140 e. The fourth-order valence-corrected chi connectivity index (χ4v) is 0.929. The molecule has 2 N–H and O–H groups in total. The lowest BCUT2D eigenvalue weighted by Gasteiger charge is -2.00. The molecule has 0 unspecified atom stereocenters. The van der Waals surface area contributed by atoms with Crippen molar-refractivity contribution in [3.8, 4) is 5.82 Å². The fraction of sp³-hybridized carbons (Fsp3) is 0.111. The lowest BCUT2D eigenvalue weighted by molar-refractivity contribution is 0.997. The summed E-state index contributed by atoms with van der Waals surface area (Å²) in [5, 5.41) is 0. The van der Waals surface area contributed by atoms with Crippen molar-refractivity contribution in [2.45, 2.75) is 6.85 Å². The van der Waals surface area contributed by atoms with Gasteiger partial charge >= 0.3 is 0 Å². The molecule has 4 nitrogen and oxygen atoms in total. The molecule has 2 aromatic rings. The third-order valence-electron chi connectivity index (χ3n) is 1.46. The molecule has 2 heterocycles. The second kappa shape index (κ2) is 2.90. The largest absolute Gasteiger partial charge is 0.384 e. The Morgan fingerprint density at radius 1 is 1.62 bits per heavy atom. The Morgan fingerprint density at radius 2 is 2.54 bits per heavy atom. The van der Waals surface area contributed by atoms with Crippen LogP contribution in [0.25, 0.3) is 5.82 Å². The first-order chi connectivity index (χ1) is 8.30. The van der Waals surface area contributed by atoms with Gasteiger partial charge in [0.25, 0.3) is 0 Å². The molecule has 2 aromatic heterocycles. The molecule has 0 aromatic carbocycles. The second-order valence-electron chi connectivity index (χ2n) is 2.43. The summed E-state index contributed by atoms with van der Waals surface area (Å²) in [6.45, 7) is -2.53. The quantitative estimate of drug-likeness (QED) is 0.714. The molecule has 0 saturated heterocycles. The third-order valence-corrected chi connectivity index (χ3v) is 1.46. The average molecular weight is 179 g/mol. The number of nitrogens with two attached hydrogens (primary N) is 1. The van der Waals surface area contributed by atoms with E-state index in [1.165, 1.54) is 6.07 Å². The molecule has 0 amide bonds. The minimum atomic E-state index is -2.53. The molecule has 66 valence electrons. The summed E-state index contributed by atoms with van der Waals surface area (Å²) >= 11 is 0. The molecule has 13 heavy (non-hydrogen) atoms. The van der Waals surface area contributed by atoms with Crippen LogP contribution in [0, 0.1) is 6.85 Å². The predicted molar refractivity (Wildman–Crippen MR) is 50.5 cm³/mol. The Balaban J connectivity index is 2.63. The van der Waals surface area contributed by atoms with E-state index in [1.54, 1.807) is 12.1 Å². The number of hydrogen-bond donors (Lipinski definition) is 1. The van der Waals surface area contributed by atoms with Crippen LogP contribution in [0.3, 0.4) is 0 Å². The zero-order chi connectivity index (χ0) is 13.5. The van der Waals surface area contributed by atoms with E-state index >= 15 is 0 Å². The normalized spacial score (nSPS) is 16.8. The zero-order valence-corrected chi connectivity index (χ0v) is 6.65. The van der Waals surface area contributed by atoms with Gasteiger partial charge in [-0.2, -0.15) is 0 Å². The molecule has 0 bridgehead atoms. The van der Waals surface area contributed by atoms with Gasteiger partial charge in [0.2, 0.25) is 0 Å². The van der Waals surface area contributed by atoms with Gasteiger partial charge in [0.15, 0.2) is 0 Å². The van der Waals surface area contributed by atoms with Crippen LogP contribution in [0.2, 0.25) is 0 Å². The van der Waals surface area contributed by atoms with Crippen LogP contribution >= 0.6 is 0 Å². The fourth-order valence-electron chi connectivity index (χ4n) is 0.929. The number of hydrogen-bond acceptors (Lipinski definition) is 3. The van der Waals surface area contributed by atoms with Crippen molar-refractivity contribution in [3.63, 3.8) is 0 Å². The van der Waals surface area contributed by atoms with Crippen molar-refractivity contribution in [1.82, 2.24) is 14.5 Å². The number of pyridine rings is 1. The molecule has 0 aliphatic rings. The first-order valence-corrected chi connectivity index (χ1v) is 3.60. The van der Waals surface area contributed by atoms with Gasteiger partial charge in [-0.15, -0.1) is 0 Å². The molecule has 0 atom stereocenters. The van der Waals surface area contributed by atoms with Gasteiger partial charge in [-0.1, -0.05) is 6.07 Å².